The van der Waals surface area contributed by atoms with Gasteiger partial charge in [0.05, 0.1) is 12.6 Å². The lowest BCUT2D eigenvalue weighted by molar-refractivity contribution is -0.138. The summed E-state index contributed by atoms with van der Waals surface area (Å²) in [6.07, 6.45) is 2.76. The largest absolute Gasteiger partial charge is 0.463 e. The fourth-order valence-electron chi connectivity index (χ4n) is 2.08. The van der Waals surface area contributed by atoms with Gasteiger partial charge in [-0.25, -0.2) is 9.59 Å². The van der Waals surface area contributed by atoms with E-state index in [0.29, 0.717) is 24.5 Å². The predicted molar refractivity (Wildman–Crippen MR) is 92.2 cm³/mol. The molecular weight excluding hydrogens is 294 g/mol. The molecule has 0 spiro atoms. The molecule has 0 radical (unpaired) electrons. The summed E-state index contributed by atoms with van der Waals surface area (Å²) in [4.78, 5) is 25.9. The summed E-state index contributed by atoms with van der Waals surface area (Å²) in [5.41, 5.74) is 0.0412. The molecule has 134 valence electrons. The van der Waals surface area contributed by atoms with Crippen LogP contribution in [-0.2, 0) is 14.3 Å². The maximum atomic E-state index is 12.3. The molecule has 23 heavy (non-hydrogen) atoms. The van der Waals surface area contributed by atoms with Gasteiger partial charge in [-0.15, -0.1) is 0 Å². The highest BCUT2D eigenvalue weighted by Crippen LogP contribution is 2.18. The smallest absolute Gasteiger partial charge is 0.410 e. The van der Waals surface area contributed by atoms with Gasteiger partial charge >= 0.3 is 12.1 Å². The maximum absolute atomic E-state index is 12.3. The second-order valence-electron chi connectivity index (χ2n) is 7.05. The highest BCUT2D eigenvalue weighted by molar-refractivity contribution is 5.88. The van der Waals surface area contributed by atoms with Gasteiger partial charge < -0.3 is 14.4 Å². The fourth-order valence-corrected chi connectivity index (χ4v) is 2.08. The van der Waals surface area contributed by atoms with Gasteiger partial charge in [0.15, 0.2) is 0 Å². The van der Waals surface area contributed by atoms with E-state index in [0.717, 1.165) is 6.42 Å². The van der Waals surface area contributed by atoms with Crippen molar-refractivity contribution in [3.05, 3.63) is 11.6 Å². The lowest BCUT2D eigenvalue weighted by Crippen LogP contribution is -2.40. The van der Waals surface area contributed by atoms with Gasteiger partial charge in [0.1, 0.15) is 5.60 Å². The SMILES string of the molecule is CCOC(=O)C(=C[C@H](CC(C)C)N(C)C(=O)OC(C)(C)C)CC. The number of likely N-dealkylation sites (N-methyl/N-ethyl adjacent to an activating group) is 1. The highest BCUT2D eigenvalue weighted by Gasteiger charge is 2.26. The van der Waals surface area contributed by atoms with E-state index in [1.165, 1.54) is 0 Å². The maximum Gasteiger partial charge on any atom is 0.410 e. The number of esters is 1. The van der Waals surface area contributed by atoms with Crippen molar-refractivity contribution in [1.29, 1.82) is 0 Å². The number of ether oxygens (including phenoxy) is 2. The Bertz CT molecular complexity index is 421. The fraction of sp³-hybridized carbons (Fsp3) is 0.778. The molecule has 0 aromatic carbocycles. The van der Waals surface area contributed by atoms with E-state index in [-0.39, 0.29) is 12.0 Å². The molecule has 0 aromatic heterocycles. The van der Waals surface area contributed by atoms with Gasteiger partial charge in [0, 0.05) is 12.6 Å². The van der Waals surface area contributed by atoms with Crippen molar-refractivity contribution in [2.75, 3.05) is 13.7 Å². The highest BCUT2D eigenvalue weighted by atomic mass is 16.6. The van der Waals surface area contributed by atoms with E-state index in [2.05, 4.69) is 13.8 Å². The average molecular weight is 327 g/mol. The monoisotopic (exact) mass is 327 g/mol. The summed E-state index contributed by atoms with van der Waals surface area (Å²) in [7, 11) is 1.70. The van der Waals surface area contributed by atoms with Crippen molar-refractivity contribution >= 4 is 12.1 Å². The van der Waals surface area contributed by atoms with Crippen LogP contribution in [0.25, 0.3) is 0 Å². The van der Waals surface area contributed by atoms with Gasteiger partial charge in [-0.2, -0.15) is 0 Å². The van der Waals surface area contributed by atoms with Crippen LogP contribution in [0, 0.1) is 5.92 Å². The molecular formula is C18H33NO4. The zero-order valence-corrected chi connectivity index (χ0v) is 15.9. The summed E-state index contributed by atoms with van der Waals surface area (Å²) < 4.78 is 10.5. The first-order valence-electron chi connectivity index (χ1n) is 8.35. The first kappa shape index (κ1) is 21.5. The molecule has 1 amide bonds. The minimum Gasteiger partial charge on any atom is -0.463 e. The van der Waals surface area contributed by atoms with Crippen molar-refractivity contribution < 1.29 is 19.1 Å². The van der Waals surface area contributed by atoms with Crippen LogP contribution < -0.4 is 0 Å². The first-order valence-corrected chi connectivity index (χ1v) is 8.35. The third-order valence-electron chi connectivity index (χ3n) is 3.20. The molecule has 0 rings (SSSR count). The molecule has 0 saturated heterocycles. The molecule has 0 aliphatic rings. The van der Waals surface area contributed by atoms with Crippen LogP contribution in [-0.4, -0.2) is 42.3 Å². The Morgan fingerprint density at radius 1 is 1.17 bits per heavy atom. The van der Waals surface area contributed by atoms with Crippen molar-refractivity contribution in [2.24, 2.45) is 5.92 Å². The summed E-state index contributed by atoms with van der Waals surface area (Å²) in [6, 6.07) is -0.204. The quantitative estimate of drug-likeness (QED) is 0.520. The minimum absolute atomic E-state index is 0.204. The molecule has 0 N–H and O–H groups in total. The summed E-state index contributed by atoms with van der Waals surface area (Å²) in [5.74, 6) is 0.0581. The Hall–Kier alpha value is -1.52. The van der Waals surface area contributed by atoms with E-state index in [4.69, 9.17) is 9.47 Å². The van der Waals surface area contributed by atoms with Gasteiger partial charge in [0.2, 0.25) is 0 Å². The molecule has 0 aromatic rings. The van der Waals surface area contributed by atoms with E-state index in [1.54, 1.807) is 18.9 Å². The van der Waals surface area contributed by atoms with Crippen LogP contribution in [0.5, 0.6) is 0 Å². The number of carbonyl (C=O) groups excluding carboxylic acids is 2. The molecule has 0 bridgehead atoms. The lowest BCUT2D eigenvalue weighted by atomic mass is 9.99. The summed E-state index contributed by atoms with van der Waals surface area (Å²) >= 11 is 0. The summed E-state index contributed by atoms with van der Waals surface area (Å²) in [5, 5.41) is 0. The second kappa shape index (κ2) is 9.58. The molecule has 1 atom stereocenters. The molecule has 0 aliphatic heterocycles. The number of rotatable bonds is 7. The second-order valence-corrected chi connectivity index (χ2v) is 7.05. The molecule has 0 unspecified atom stereocenters. The number of amides is 1. The van der Waals surface area contributed by atoms with Crippen molar-refractivity contribution in [2.45, 2.75) is 73.0 Å². The van der Waals surface area contributed by atoms with Gasteiger partial charge in [0.25, 0.3) is 0 Å². The number of carbonyl (C=O) groups is 2. The number of hydrogen-bond donors (Lipinski definition) is 0. The standard InChI is InChI=1S/C18H33NO4/c1-9-14(16(20)22-10-2)12-15(11-13(3)4)19(8)17(21)23-18(5,6)7/h12-13,15H,9-11H2,1-8H3/t15-/m0/s1. The van der Waals surface area contributed by atoms with Crippen LogP contribution in [0.15, 0.2) is 11.6 Å². The Balaban J connectivity index is 5.33. The predicted octanol–water partition coefficient (Wildman–Crippen LogP) is 4.17. The van der Waals surface area contributed by atoms with Gasteiger partial charge in [-0.05, 0) is 46.5 Å². The van der Waals surface area contributed by atoms with Crippen LogP contribution in [0.1, 0.15) is 61.3 Å². The van der Waals surface area contributed by atoms with Gasteiger partial charge in [-0.1, -0.05) is 26.8 Å². The van der Waals surface area contributed by atoms with E-state index in [9.17, 15) is 9.59 Å². The molecule has 5 heteroatoms. The Morgan fingerprint density at radius 2 is 1.74 bits per heavy atom. The zero-order valence-electron chi connectivity index (χ0n) is 15.9. The van der Waals surface area contributed by atoms with Crippen molar-refractivity contribution in [3.63, 3.8) is 0 Å². The van der Waals surface area contributed by atoms with Gasteiger partial charge in [-0.3, -0.25) is 0 Å². The van der Waals surface area contributed by atoms with E-state index < -0.39 is 11.7 Å². The normalized spacial score (nSPS) is 13.7. The first-order chi connectivity index (χ1) is 10.5. The minimum atomic E-state index is -0.549. The van der Waals surface area contributed by atoms with Crippen LogP contribution in [0.3, 0.4) is 0 Å². The van der Waals surface area contributed by atoms with Crippen molar-refractivity contribution in [3.8, 4) is 0 Å². The third kappa shape index (κ3) is 8.62. The topological polar surface area (TPSA) is 55.8 Å². The Kier molecular flexibility index (Phi) is 8.95. The van der Waals surface area contributed by atoms with E-state index in [1.807, 2.05) is 33.8 Å². The molecule has 0 heterocycles. The summed E-state index contributed by atoms with van der Waals surface area (Å²) in [6.45, 7) is 13.7. The van der Waals surface area contributed by atoms with Crippen LogP contribution >= 0.6 is 0 Å². The lowest BCUT2D eigenvalue weighted by Gasteiger charge is -2.30. The van der Waals surface area contributed by atoms with Crippen LogP contribution in [0.4, 0.5) is 4.79 Å². The number of nitrogens with zero attached hydrogens (tertiary/aromatic N) is 1. The van der Waals surface area contributed by atoms with Crippen LogP contribution in [0.2, 0.25) is 0 Å². The number of hydrogen-bond acceptors (Lipinski definition) is 4. The molecule has 0 saturated carbocycles. The van der Waals surface area contributed by atoms with E-state index >= 15 is 0 Å². The molecule has 5 nitrogen and oxygen atoms in total. The van der Waals surface area contributed by atoms with Crippen molar-refractivity contribution in [1.82, 2.24) is 4.90 Å². The Labute approximate surface area is 141 Å². The Morgan fingerprint density at radius 3 is 2.13 bits per heavy atom. The zero-order chi connectivity index (χ0) is 18.2. The average Bonchev–Trinajstić information content (AvgIpc) is 2.40. The third-order valence-corrected chi connectivity index (χ3v) is 3.20. The molecule has 0 aliphatic carbocycles. The molecule has 0 fully saturated rings.